The Labute approximate surface area is 239 Å². The van der Waals surface area contributed by atoms with Crippen LogP contribution in [0.5, 0.6) is 0 Å². The Bertz CT molecular complexity index is 1340. The first-order chi connectivity index (χ1) is 18.6. The van der Waals surface area contributed by atoms with E-state index in [0.29, 0.717) is 32.2 Å². The van der Waals surface area contributed by atoms with Crippen LogP contribution in [0.4, 0.5) is 5.69 Å². The molecule has 4 rings (SSSR count). The van der Waals surface area contributed by atoms with Gasteiger partial charge < -0.3 is 31.1 Å². The number of aliphatic imine (C=N–C) groups is 1. The highest BCUT2D eigenvalue weighted by Crippen LogP contribution is 2.35. The molecular weight excluding hydrogens is 565 g/mol. The Kier molecular flexibility index (Phi) is 11.6. The van der Waals surface area contributed by atoms with Crippen LogP contribution < -0.4 is 10.6 Å². The van der Waals surface area contributed by atoms with Crippen molar-refractivity contribution in [2.45, 2.75) is 37.8 Å². The second-order valence-electron chi connectivity index (χ2n) is 8.44. The van der Waals surface area contributed by atoms with Gasteiger partial charge in [-0.2, -0.15) is 0 Å². The lowest BCUT2D eigenvalue weighted by Gasteiger charge is -2.25. The molecular formula is C26H29Cl2N5O5S. The Morgan fingerprint density at radius 2 is 1.67 bits per heavy atom. The van der Waals surface area contributed by atoms with Gasteiger partial charge in [0, 0.05) is 18.9 Å². The van der Waals surface area contributed by atoms with Crippen LogP contribution in [-0.4, -0.2) is 79.5 Å². The number of hydrogen-bond acceptors (Lipinski definition) is 10. The minimum absolute atomic E-state index is 0.175. The number of para-hydroxylation sites is 1. The molecule has 1 amide bonds. The minimum Gasteiger partial charge on any atom is -0.390 e. The Morgan fingerprint density at radius 3 is 2.31 bits per heavy atom. The molecule has 0 bridgehead atoms. The van der Waals surface area contributed by atoms with Gasteiger partial charge in [-0.05, 0) is 61.1 Å². The third-order valence-electron chi connectivity index (χ3n) is 5.56. The number of nitrogens with one attached hydrogen (secondary N) is 2. The lowest BCUT2D eigenvalue weighted by Crippen LogP contribution is -2.47. The summed E-state index contributed by atoms with van der Waals surface area (Å²) < 4.78 is 0. The second kappa shape index (κ2) is 14.7. The van der Waals surface area contributed by atoms with E-state index in [9.17, 15) is 25.2 Å². The van der Waals surface area contributed by atoms with Crippen LogP contribution in [0, 0.1) is 0 Å². The summed E-state index contributed by atoms with van der Waals surface area (Å²) in [6.07, 6.45) is 0.714. The third-order valence-corrected chi connectivity index (χ3v) is 7.08. The first-order valence-corrected chi connectivity index (χ1v) is 13.5. The number of likely N-dealkylation sites (N-methyl/N-ethyl adjacent to an activating group) is 1. The van der Waals surface area contributed by atoms with Crippen LogP contribution >= 0.6 is 35.0 Å². The minimum atomic E-state index is -1.32. The van der Waals surface area contributed by atoms with Gasteiger partial charge in [-0.1, -0.05) is 42.3 Å². The number of aliphatic hydroxyl groups is 4. The van der Waals surface area contributed by atoms with Crippen molar-refractivity contribution in [2.75, 3.05) is 13.6 Å². The molecule has 10 nitrogen and oxygen atoms in total. The number of amides is 1. The smallest absolute Gasteiger partial charge is 0.264 e. The summed E-state index contributed by atoms with van der Waals surface area (Å²) in [5.74, 6) is -0.226. The van der Waals surface area contributed by atoms with E-state index in [2.05, 4.69) is 25.6 Å². The van der Waals surface area contributed by atoms with Gasteiger partial charge in [0.25, 0.3) is 5.91 Å². The molecule has 1 aliphatic rings. The van der Waals surface area contributed by atoms with E-state index in [1.165, 1.54) is 11.8 Å². The van der Waals surface area contributed by atoms with Crippen molar-refractivity contribution in [3.63, 3.8) is 0 Å². The predicted molar refractivity (Wildman–Crippen MR) is 155 cm³/mol. The molecule has 1 fully saturated rings. The van der Waals surface area contributed by atoms with Gasteiger partial charge in [0.05, 0.1) is 38.2 Å². The molecule has 0 radical (unpaired) electrons. The molecule has 0 aliphatic carbocycles. The fourth-order valence-electron chi connectivity index (χ4n) is 3.43. The number of thioether (sulfide) groups is 1. The zero-order valence-electron chi connectivity index (χ0n) is 21.1. The molecule has 1 aromatic heterocycles. The highest BCUT2D eigenvalue weighted by Gasteiger charge is 2.28. The number of benzene rings is 2. The maximum absolute atomic E-state index is 12.2. The number of halogens is 2. The van der Waals surface area contributed by atoms with Crippen LogP contribution in [0.15, 0.2) is 58.7 Å². The lowest BCUT2D eigenvalue weighted by molar-refractivity contribution is -0.115. The number of carbonyl (C=O) groups excluding carboxylic acids is 1. The molecule has 2 heterocycles. The van der Waals surface area contributed by atoms with E-state index in [1.807, 2.05) is 18.2 Å². The Morgan fingerprint density at radius 1 is 1.03 bits per heavy atom. The molecule has 6 N–H and O–H groups in total. The first-order valence-electron chi connectivity index (χ1n) is 12.0. The maximum atomic E-state index is 12.2. The number of rotatable bonds is 8. The number of aromatic nitrogens is 2. The predicted octanol–water partition coefficient (Wildman–Crippen LogP) is 2.89. The van der Waals surface area contributed by atoms with Gasteiger partial charge in [0.1, 0.15) is 17.9 Å². The molecule has 2 aromatic carbocycles. The van der Waals surface area contributed by atoms with Crippen molar-refractivity contribution in [3.8, 4) is 0 Å². The number of nitrogens with zero attached hydrogens (tertiary/aromatic N) is 3. The molecule has 3 aromatic rings. The second-order valence-corrected chi connectivity index (χ2v) is 10.3. The molecule has 39 heavy (non-hydrogen) atoms. The van der Waals surface area contributed by atoms with E-state index in [4.69, 9.17) is 23.2 Å². The fourth-order valence-corrected chi connectivity index (χ4v) is 4.74. The average molecular weight is 595 g/mol. The highest BCUT2D eigenvalue weighted by molar-refractivity contribution is 8.18. The van der Waals surface area contributed by atoms with Gasteiger partial charge >= 0.3 is 0 Å². The summed E-state index contributed by atoms with van der Waals surface area (Å²) in [4.78, 5) is 25.6. The number of amidine groups is 1. The standard InChI is InChI=1S/C18H10Cl2N4OS.C8H19NO4/c19-11-2-1-3-12(20)16(11)23-18-24-17(25)15(26-18)9-10-4-5-13-14(8-10)22-7-6-21-13;1-3-5(10)7(12)8(13)6(11)4-9-2/h1-9H,(H,23,24,25);5-13H,3-4H2,1-2H3/b15-9-;/t;5-,6+,7-,8-/m.1/s1. The number of carbonyl (C=O) groups is 1. The van der Waals surface area contributed by atoms with Crippen molar-refractivity contribution >= 4 is 68.8 Å². The maximum Gasteiger partial charge on any atom is 0.264 e. The van der Waals surface area contributed by atoms with Crippen LogP contribution in [0.1, 0.15) is 18.9 Å². The van der Waals surface area contributed by atoms with Crippen LogP contribution in [0.25, 0.3) is 17.1 Å². The summed E-state index contributed by atoms with van der Waals surface area (Å²) in [6.45, 7) is 1.86. The monoisotopic (exact) mass is 593 g/mol. The SMILES string of the molecule is CC[C@@H](O)[C@@H](O)[C@H](O)[C@@H](O)CNC.O=C1NC(=Nc2c(Cl)cccc2Cl)S/C1=C\c1ccc2nccnc2c1. The van der Waals surface area contributed by atoms with E-state index in [-0.39, 0.29) is 12.5 Å². The fraction of sp³-hybridized carbons (Fsp3) is 0.308. The molecule has 13 heteroatoms. The quantitative estimate of drug-likeness (QED) is 0.216. The van der Waals surface area contributed by atoms with Crippen LogP contribution in [0.3, 0.4) is 0 Å². The lowest BCUT2D eigenvalue weighted by atomic mass is 10.0. The first kappa shape index (κ1) is 30.9. The topological polar surface area (TPSA) is 160 Å². The van der Waals surface area contributed by atoms with Crippen molar-refractivity contribution in [3.05, 3.63) is 69.3 Å². The normalized spacial score (nSPS) is 18.4. The molecule has 208 valence electrons. The molecule has 4 atom stereocenters. The van der Waals surface area contributed by atoms with Gasteiger partial charge in [-0.25, -0.2) is 4.99 Å². The third kappa shape index (κ3) is 8.44. The van der Waals surface area contributed by atoms with Gasteiger partial charge in [-0.3, -0.25) is 14.8 Å². The largest absolute Gasteiger partial charge is 0.390 e. The van der Waals surface area contributed by atoms with Crippen LogP contribution in [-0.2, 0) is 4.79 Å². The zero-order chi connectivity index (χ0) is 28.5. The van der Waals surface area contributed by atoms with E-state index in [1.54, 1.807) is 50.6 Å². The molecule has 0 unspecified atom stereocenters. The van der Waals surface area contributed by atoms with Crippen molar-refractivity contribution in [2.24, 2.45) is 4.99 Å². The molecule has 0 saturated carbocycles. The van der Waals surface area contributed by atoms with Crippen molar-refractivity contribution < 1.29 is 25.2 Å². The van der Waals surface area contributed by atoms with E-state index >= 15 is 0 Å². The summed E-state index contributed by atoms with van der Waals surface area (Å²) in [5.41, 5.74) is 2.85. The zero-order valence-corrected chi connectivity index (χ0v) is 23.5. The van der Waals surface area contributed by atoms with Gasteiger partial charge in [-0.15, -0.1) is 0 Å². The van der Waals surface area contributed by atoms with E-state index in [0.717, 1.165) is 16.6 Å². The van der Waals surface area contributed by atoms with Crippen molar-refractivity contribution in [1.29, 1.82) is 0 Å². The van der Waals surface area contributed by atoms with Crippen molar-refractivity contribution in [1.82, 2.24) is 20.6 Å². The van der Waals surface area contributed by atoms with Crippen LogP contribution in [0.2, 0.25) is 10.0 Å². The summed E-state index contributed by atoms with van der Waals surface area (Å²) in [6, 6.07) is 10.8. The Hall–Kier alpha value is -2.61. The summed E-state index contributed by atoms with van der Waals surface area (Å²) in [5, 5.41) is 43.7. The molecule has 1 saturated heterocycles. The average Bonchev–Trinajstić information content (AvgIpc) is 3.28. The summed E-state index contributed by atoms with van der Waals surface area (Å²) in [7, 11) is 1.62. The van der Waals surface area contributed by atoms with Gasteiger partial charge in [0.2, 0.25) is 0 Å². The Balaban J connectivity index is 0.000000276. The number of hydrogen-bond donors (Lipinski definition) is 6. The molecule has 1 aliphatic heterocycles. The molecule has 0 spiro atoms. The highest BCUT2D eigenvalue weighted by atomic mass is 35.5. The van der Waals surface area contributed by atoms with Gasteiger partial charge in [0.15, 0.2) is 5.17 Å². The number of aliphatic hydroxyl groups excluding tert-OH is 4. The summed E-state index contributed by atoms with van der Waals surface area (Å²) >= 11 is 13.5. The number of fused-ring (bicyclic) bond motifs is 1. The van der Waals surface area contributed by atoms with E-state index < -0.39 is 24.4 Å².